The van der Waals surface area contributed by atoms with E-state index < -0.39 is 0 Å². The van der Waals surface area contributed by atoms with Crippen LogP contribution in [0.5, 0.6) is 0 Å². The summed E-state index contributed by atoms with van der Waals surface area (Å²) in [6.45, 7) is 14.3. The van der Waals surface area contributed by atoms with Crippen molar-refractivity contribution in [2.75, 3.05) is 33.0 Å². The molecule has 0 aliphatic heterocycles. The van der Waals surface area contributed by atoms with Crippen LogP contribution in [0.3, 0.4) is 0 Å². The van der Waals surface area contributed by atoms with Crippen molar-refractivity contribution in [3.8, 4) is 0 Å². The number of rotatable bonds is 13. The quantitative estimate of drug-likeness (QED) is 0.365. The molecule has 148 valence electrons. The summed E-state index contributed by atoms with van der Waals surface area (Å²) in [5.74, 6) is 0.141. The number of carbonyl (C=O) groups excluding carboxylic acids is 2. The molecular weight excluding hydrogens is 320 g/mol. The lowest BCUT2D eigenvalue weighted by molar-refractivity contribution is -0.147. The number of esters is 1. The SMILES string of the molecule is CC(C)(C)CC(=O)OCCOCCOCCCCCC(=O)C(C)(C)C. The van der Waals surface area contributed by atoms with Crippen LogP contribution in [0.15, 0.2) is 0 Å². The van der Waals surface area contributed by atoms with E-state index >= 15 is 0 Å². The first-order chi connectivity index (χ1) is 11.5. The number of Topliss-reactive ketones (excluding diaryl/α,β-unsaturated/α-hetero) is 1. The van der Waals surface area contributed by atoms with Gasteiger partial charge in [0, 0.05) is 18.4 Å². The van der Waals surface area contributed by atoms with Gasteiger partial charge in [0.2, 0.25) is 0 Å². The highest BCUT2D eigenvalue weighted by molar-refractivity contribution is 5.83. The number of hydrogen-bond acceptors (Lipinski definition) is 5. The van der Waals surface area contributed by atoms with Crippen LogP contribution in [0.25, 0.3) is 0 Å². The largest absolute Gasteiger partial charge is 0.463 e. The molecule has 0 bridgehead atoms. The Labute approximate surface area is 153 Å². The van der Waals surface area contributed by atoms with E-state index in [1.54, 1.807) is 0 Å². The molecule has 0 atom stereocenters. The highest BCUT2D eigenvalue weighted by Crippen LogP contribution is 2.19. The Hall–Kier alpha value is -0.940. The Morgan fingerprint density at radius 2 is 1.28 bits per heavy atom. The molecule has 0 aromatic carbocycles. The number of carbonyl (C=O) groups is 2. The number of ketones is 1. The molecule has 0 rings (SSSR count). The molecule has 0 aliphatic rings. The molecule has 0 aromatic rings. The van der Waals surface area contributed by atoms with E-state index in [-0.39, 0.29) is 23.4 Å². The minimum absolute atomic E-state index is 0.0498. The van der Waals surface area contributed by atoms with E-state index in [4.69, 9.17) is 14.2 Å². The van der Waals surface area contributed by atoms with Gasteiger partial charge in [-0.25, -0.2) is 0 Å². The average molecular weight is 359 g/mol. The molecule has 0 spiro atoms. The van der Waals surface area contributed by atoms with Crippen molar-refractivity contribution in [1.29, 1.82) is 0 Å². The molecule has 0 radical (unpaired) electrons. The molecule has 0 aromatic heterocycles. The van der Waals surface area contributed by atoms with Gasteiger partial charge in [0.25, 0.3) is 0 Å². The molecule has 0 saturated heterocycles. The Kier molecular flexibility index (Phi) is 12.0. The first-order valence-electron chi connectivity index (χ1n) is 9.37. The molecule has 0 unspecified atom stereocenters. The van der Waals surface area contributed by atoms with Crippen molar-refractivity contribution < 1.29 is 23.8 Å². The van der Waals surface area contributed by atoms with Crippen molar-refractivity contribution in [3.63, 3.8) is 0 Å². The number of hydrogen-bond donors (Lipinski definition) is 0. The summed E-state index contributed by atoms with van der Waals surface area (Å²) in [5, 5.41) is 0. The van der Waals surface area contributed by atoms with Gasteiger partial charge < -0.3 is 14.2 Å². The smallest absolute Gasteiger partial charge is 0.306 e. The Morgan fingerprint density at radius 1 is 0.720 bits per heavy atom. The van der Waals surface area contributed by atoms with Gasteiger partial charge in [-0.2, -0.15) is 0 Å². The Bertz CT molecular complexity index is 377. The van der Waals surface area contributed by atoms with Gasteiger partial charge >= 0.3 is 5.97 Å². The molecule has 0 saturated carbocycles. The first-order valence-corrected chi connectivity index (χ1v) is 9.37. The maximum atomic E-state index is 11.8. The van der Waals surface area contributed by atoms with Gasteiger partial charge in [0.15, 0.2) is 0 Å². The van der Waals surface area contributed by atoms with Crippen LogP contribution < -0.4 is 0 Å². The highest BCUT2D eigenvalue weighted by Gasteiger charge is 2.19. The molecule has 5 heteroatoms. The summed E-state index contributed by atoms with van der Waals surface area (Å²) in [7, 11) is 0. The van der Waals surface area contributed by atoms with Crippen LogP contribution >= 0.6 is 0 Å². The third kappa shape index (κ3) is 16.3. The van der Waals surface area contributed by atoms with Gasteiger partial charge in [-0.3, -0.25) is 9.59 Å². The van der Waals surface area contributed by atoms with Crippen LogP contribution in [0, 0.1) is 10.8 Å². The molecular formula is C20H38O5. The fourth-order valence-electron chi connectivity index (χ4n) is 2.06. The predicted molar refractivity (Wildman–Crippen MR) is 99.6 cm³/mol. The van der Waals surface area contributed by atoms with Gasteiger partial charge in [-0.05, 0) is 18.3 Å². The van der Waals surface area contributed by atoms with E-state index in [0.717, 1.165) is 19.3 Å². The lowest BCUT2D eigenvalue weighted by Gasteiger charge is -2.16. The minimum atomic E-state index is -0.227. The lowest BCUT2D eigenvalue weighted by Crippen LogP contribution is -2.19. The topological polar surface area (TPSA) is 61.8 Å². The molecule has 0 N–H and O–H groups in total. The van der Waals surface area contributed by atoms with Crippen LogP contribution in [0.4, 0.5) is 0 Å². The Morgan fingerprint density at radius 3 is 1.84 bits per heavy atom. The lowest BCUT2D eigenvalue weighted by atomic mass is 9.88. The molecule has 5 nitrogen and oxygen atoms in total. The fourth-order valence-corrected chi connectivity index (χ4v) is 2.06. The number of unbranched alkanes of at least 4 members (excludes halogenated alkanes) is 2. The van der Waals surface area contributed by atoms with Crippen LogP contribution in [0.2, 0.25) is 0 Å². The normalized spacial score (nSPS) is 12.2. The molecule has 0 heterocycles. The van der Waals surface area contributed by atoms with E-state index in [1.807, 2.05) is 41.5 Å². The summed E-state index contributed by atoms with van der Waals surface area (Å²) in [5.41, 5.74) is -0.277. The van der Waals surface area contributed by atoms with Gasteiger partial charge in [-0.15, -0.1) is 0 Å². The zero-order valence-electron chi connectivity index (χ0n) is 17.1. The van der Waals surface area contributed by atoms with Crippen molar-refractivity contribution in [3.05, 3.63) is 0 Å². The van der Waals surface area contributed by atoms with E-state index in [1.165, 1.54) is 0 Å². The predicted octanol–water partition coefficient (Wildman–Crippen LogP) is 4.17. The maximum absolute atomic E-state index is 11.8. The summed E-state index contributed by atoms with van der Waals surface area (Å²) < 4.78 is 15.9. The second-order valence-corrected chi connectivity index (χ2v) is 8.67. The molecule has 0 amide bonds. The Balaban J connectivity index is 3.32. The second-order valence-electron chi connectivity index (χ2n) is 8.67. The second kappa shape index (κ2) is 12.4. The number of ether oxygens (including phenoxy) is 3. The molecule has 0 aliphatic carbocycles. The molecule has 25 heavy (non-hydrogen) atoms. The van der Waals surface area contributed by atoms with Crippen molar-refractivity contribution in [2.45, 2.75) is 73.6 Å². The van der Waals surface area contributed by atoms with Crippen molar-refractivity contribution >= 4 is 11.8 Å². The van der Waals surface area contributed by atoms with E-state index in [2.05, 4.69) is 0 Å². The standard InChI is InChI=1S/C20H38O5/c1-19(2,3)16-18(22)25-15-14-24-13-12-23-11-9-7-8-10-17(21)20(4,5)6/h7-16H2,1-6H3. The van der Waals surface area contributed by atoms with Crippen molar-refractivity contribution in [1.82, 2.24) is 0 Å². The minimum Gasteiger partial charge on any atom is -0.463 e. The summed E-state index contributed by atoms with van der Waals surface area (Å²) in [6, 6.07) is 0. The first kappa shape index (κ1) is 24.1. The third-order valence-electron chi connectivity index (χ3n) is 3.57. The fraction of sp³-hybridized carbons (Fsp3) is 0.900. The van der Waals surface area contributed by atoms with Crippen molar-refractivity contribution in [2.24, 2.45) is 10.8 Å². The average Bonchev–Trinajstić information content (AvgIpc) is 2.45. The molecule has 0 fully saturated rings. The zero-order chi connectivity index (χ0) is 19.3. The van der Waals surface area contributed by atoms with E-state index in [9.17, 15) is 9.59 Å². The van der Waals surface area contributed by atoms with E-state index in [0.29, 0.717) is 45.1 Å². The van der Waals surface area contributed by atoms with Crippen LogP contribution in [0.1, 0.15) is 73.6 Å². The van der Waals surface area contributed by atoms with Gasteiger partial charge in [0.1, 0.15) is 12.4 Å². The summed E-state index contributed by atoms with van der Waals surface area (Å²) in [4.78, 5) is 23.2. The maximum Gasteiger partial charge on any atom is 0.306 e. The summed E-state index contributed by atoms with van der Waals surface area (Å²) in [6.07, 6.45) is 3.96. The van der Waals surface area contributed by atoms with Crippen LogP contribution in [-0.4, -0.2) is 44.8 Å². The van der Waals surface area contributed by atoms with Gasteiger partial charge in [-0.1, -0.05) is 48.0 Å². The third-order valence-corrected chi connectivity index (χ3v) is 3.57. The van der Waals surface area contributed by atoms with Crippen LogP contribution in [-0.2, 0) is 23.8 Å². The highest BCUT2D eigenvalue weighted by atomic mass is 16.6. The zero-order valence-corrected chi connectivity index (χ0v) is 17.1. The van der Waals surface area contributed by atoms with Gasteiger partial charge in [0.05, 0.1) is 26.2 Å². The monoisotopic (exact) mass is 358 g/mol. The summed E-state index contributed by atoms with van der Waals surface area (Å²) >= 11 is 0.